The molecule has 0 spiro atoms. The van der Waals surface area contributed by atoms with Gasteiger partial charge in [-0.2, -0.15) is 0 Å². The first kappa shape index (κ1) is 12.3. The van der Waals surface area contributed by atoms with Crippen molar-refractivity contribution < 1.29 is 14.6 Å². The number of allylic oxidation sites excluding steroid dienone is 1. The van der Waals surface area contributed by atoms with Gasteiger partial charge in [0.1, 0.15) is 5.60 Å². The first-order valence-corrected chi connectivity index (χ1v) is 5.76. The largest absolute Gasteiger partial charge is 0.381 e. The summed E-state index contributed by atoms with van der Waals surface area (Å²) in [6.45, 7) is 0. The highest BCUT2D eigenvalue weighted by atomic mass is 16.7. The predicted octanol–water partition coefficient (Wildman–Crippen LogP) is 2.52. The van der Waals surface area contributed by atoms with E-state index in [-0.39, 0.29) is 0 Å². The Kier molecular flexibility index (Phi) is 3.62. The summed E-state index contributed by atoms with van der Waals surface area (Å²) in [4.78, 5) is 0. The van der Waals surface area contributed by atoms with Gasteiger partial charge in [-0.3, -0.25) is 0 Å². The van der Waals surface area contributed by atoms with Crippen LogP contribution in [0.2, 0.25) is 0 Å². The molecule has 3 nitrogen and oxygen atoms in total. The molecule has 3 heteroatoms. The summed E-state index contributed by atoms with van der Waals surface area (Å²) in [5, 5.41) is 10.6. The van der Waals surface area contributed by atoms with Gasteiger partial charge in [0, 0.05) is 19.8 Å². The maximum absolute atomic E-state index is 10.6. The molecule has 0 amide bonds. The molecule has 1 aliphatic carbocycles. The van der Waals surface area contributed by atoms with Crippen LogP contribution in [0.25, 0.3) is 0 Å². The van der Waals surface area contributed by atoms with Gasteiger partial charge in [-0.25, -0.2) is 0 Å². The number of aliphatic hydroxyl groups is 1. The molecule has 0 bridgehead atoms. The molecule has 0 aromatic heterocycles. The molecule has 1 aromatic rings. The second-order valence-corrected chi connectivity index (χ2v) is 4.26. The average Bonchev–Trinajstić information content (AvgIpc) is 2.80. The van der Waals surface area contributed by atoms with Gasteiger partial charge in [-0.1, -0.05) is 36.4 Å². The van der Waals surface area contributed by atoms with Crippen LogP contribution >= 0.6 is 0 Å². The lowest BCUT2D eigenvalue weighted by atomic mass is 9.89. The molecule has 1 N–H and O–H groups in total. The number of hydrogen-bond acceptors (Lipinski definition) is 3. The van der Waals surface area contributed by atoms with Gasteiger partial charge in [0.15, 0.2) is 6.29 Å². The van der Waals surface area contributed by atoms with Crippen molar-refractivity contribution in [1.29, 1.82) is 0 Å². The molecule has 0 aliphatic heterocycles. The third-order valence-corrected chi connectivity index (χ3v) is 3.19. The van der Waals surface area contributed by atoms with Crippen LogP contribution in [0.4, 0.5) is 0 Å². The van der Waals surface area contributed by atoms with E-state index in [9.17, 15) is 5.11 Å². The van der Waals surface area contributed by atoms with Crippen LogP contribution in [-0.2, 0) is 15.1 Å². The van der Waals surface area contributed by atoms with E-state index in [4.69, 9.17) is 9.47 Å². The fourth-order valence-electron chi connectivity index (χ4n) is 2.34. The Morgan fingerprint density at radius 1 is 1.24 bits per heavy atom. The van der Waals surface area contributed by atoms with Crippen molar-refractivity contribution in [1.82, 2.24) is 0 Å². The van der Waals surface area contributed by atoms with Gasteiger partial charge in [0.05, 0.1) is 0 Å². The number of methoxy groups -OCH3 is 2. The van der Waals surface area contributed by atoms with Gasteiger partial charge in [-0.15, -0.1) is 0 Å². The molecule has 17 heavy (non-hydrogen) atoms. The zero-order valence-corrected chi connectivity index (χ0v) is 10.2. The smallest absolute Gasteiger partial charge is 0.183 e. The van der Waals surface area contributed by atoms with Crippen LogP contribution in [0.15, 0.2) is 36.4 Å². The molecular weight excluding hydrogens is 216 g/mol. The zero-order chi connectivity index (χ0) is 12.3. The molecule has 92 valence electrons. The molecule has 2 rings (SSSR count). The lowest BCUT2D eigenvalue weighted by Gasteiger charge is -2.26. The first-order valence-electron chi connectivity index (χ1n) is 5.76. The van der Waals surface area contributed by atoms with Gasteiger partial charge >= 0.3 is 0 Å². The Hall–Kier alpha value is -1.16. The van der Waals surface area contributed by atoms with Gasteiger partial charge in [0.25, 0.3) is 0 Å². The van der Waals surface area contributed by atoms with Gasteiger partial charge < -0.3 is 14.6 Å². The van der Waals surface area contributed by atoms with E-state index in [0.717, 1.165) is 17.5 Å². The normalized spacial score (nSPS) is 23.5. The minimum atomic E-state index is -0.883. The number of benzene rings is 1. The molecule has 1 aliphatic rings. The number of rotatable bonds is 4. The summed E-state index contributed by atoms with van der Waals surface area (Å²) in [5.41, 5.74) is 0.861. The van der Waals surface area contributed by atoms with Crippen LogP contribution in [0.5, 0.6) is 0 Å². The molecule has 0 radical (unpaired) electrons. The van der Waals surface area contributed by atoms with Crippen molar-refractivity contribution in [2.75, 3.05) is 14.2 Å². The minimum absolute atomic E-state index is 0.441. The Bertz CT molecular complexity index is 410. The summed E-state index contributed by atoms with van der Waals surface area (Å²) in [5.74, 6) is 0. The van der Waals surface area contributed by atoms with Crippen molar-refractivity contribution in [3.63, 3.8) is 0 Å². The van der Waals surface area contributed by atoms with Crippen LogP contribution in [0.1, 0.15) is 30.3 Å². The summed E-state index contributed by atoms with van der Waals surface area (Å²) < 4.78 is 10.5. The third-order valence-electron chi connectivity index (χ3n) is 3.19. The first-order chi connectivity index (χ1) is 8.21. The predicted molar refractivity (Wildman–Crippen MR) is 65.5 cm³/mol. The van der Waals surface area contributed by atoms with Crippen LogP contribution in [-0.4, -0.2) is 19.3 Å². The SMILES string of the molecule is COC(OC)c1ccccc1C1(O)C=CCC1. The lowest BCUT2D eigenvalue weighted by Crippen LogP contribution is -2.23. The monoisotopic (exact) mass is 234 g/mol. The van der Waals surface area contributed by atoms with Crippen molar-refractivity contribution in [2.45, 2.75) is 24.7 Å². The zero-order valence-electron chi connectivity index (χ0n) is 10.2. The molecular formula is C14H18O3. The molecule has 1 aromatic carbocycles. The second kappa shape index (κ2) is 5.00. The molecule has 0 heterocycles. The van der Waals surface area contributed by atoms with E-state index >= 15 is 0 Å². The molecule has 1 unspecified atom stereocenters. The van der Waals surface area contributed by atoms with E-state index in [1.54, 1.807) is 14.2 Å². The highest BCUT2D eigenvalue weighted by molar-refractivity contribution is 5.38. The summed E-state index contributed by atoms with van der Waals surface area (Å²) >= 11 is 0. The fraction of sp³-hybridized carbons (Fsp3) is 0.429. The number of hydrogen-bond donors (Lipinski definition) is 1. The topological polar surface area (TPSA) is 38.7 Å². The Balaban J connectivity index is 2.43. The Labute approximate surface area is 102 Å². The number of ether oxygens (including phenoxy) is 2. The van der Waals surface area contributed by atoms with E-state index in [2.05, 4.69) is 0 Å². The van der Waals surface area contributed by atoms with Crippen LogP contribution in [0, 0.1) is 0 Å². The lowest BCUT2D eigenvalue weighted by molar-refractivity contribution is -0.108. The minimum Gasteiger partial charge on any atom is -0.381 e. The van der Waals surface area contributed by atoms with E-state index in [0.29, 0.717) is 6.42 Å². The van der Waals surface area contributed by atoms with E-state index < -0.39 is 11.9 Å². The van der Waals surface area contributed by atoms with Crippen LogP contribution < -0.4 is 0 Å². The standard InChI is InChI=1S/C14H18O3/c1-16-13(17-2)11-7-3-4-8-12(11)14(15)9-5-6-10-14/h3-5,7-9,13,15H,6,10H2,1-2H3. The van der Waals surface area contributed by atoms with Gasteiger partial charge in [0.2, 0.25) is 0 Å². The molecule has 0 saturated heterocycles. The maximum Gasteiger partial charge on any atom is 0.183 e. The molecule has 0 saturated carbocycles. The van der Waals surface area contributed by atoms with Crippen molar-refractivity contribution in [2.24, 2.45) is 0 Å². The highest BCUT2D eigenvalue weighted by Gasteiger charge is 2.32. The maximum atomic E-state index is 10.6. The molecule has 0 fully saturated rings. The van der Waals surface area contributed by atoms with Crippen molar-refractivity contribution in [3.8, 4) is 0 Å². The Morgan fingerprint density at radius 2 is 1.94 bits per heavy atom. The Morgan fingerprint density at radius 3 is 2.53 bits per heavy atom. The van der Waals surface area contributed by atoms with Crippen molar-refractivity contribution >= 4 is 0 Å². The quantitative estimate of drug-likeness (QED) is 0.642. The highest BCUT2D eigenvalue weighted by Crippen LogP contribution is 2.37. The summed E-state index contributed by atoms with van der Waals surface area (Å²) in [7, 11) is 3.19. The summed E-state index contributed by atoms with van der Waals surface area (Å²) in [6, 6.07) is 7.70. The van der Waals surface area contributed by atoms with Crippen molar-refractivity contribution in [3.05, 3.63) is 47.5 Å². The van der Waals surface area contributed by atoms with E-state index in [1.807, 2.05) is 36.4 Å². The second-order valence-electron chi connectivity index (χ2n) is 4.26. The molecule has 1 atom stereocenters. The summed E-state index contributed by atoms with van der Waals surface area (Å²) in [6.07, 6.45) is 5.03. The third kappa shape index (κ3) is 2.27. The van der Waals surface area contributed by atoms with E-state index in [1.165, 1.54) is 0 Å². The fourth-order valence-corrected chi connectivity index (χ4v) is 2.34. The van der Waals surface area contributed by atoms with Crippen LogP contribution in [0.3, 0.4) is 0 Å². The van der Waals surface area contributed by atoms with Gasteiger partial charge in [-0.05, 0) is 18.4 Å². The average molecular weight is 234 g/mol.